The van der Waals surface area contributed by atoms with E-state index in [4.69, 9.17) is 16.2 Å². The molecule has 17 heteroatoms. The number of aromatic nitrogens is 4. The number of carbonyl (C=O) groups excluding carboxylic acids is 4. The fourth-order valence-corrected chi connectivity index (χ4v) is 3.99. The average Bonchev–Trinajstić information content (AvgIpc) is 2.97. The van der Waals surface area contributed by atoms with Gasteiger partial charge in [0.2, 0.25) is 5.95 Å². The van der Waals surface area contributed by atoms with Crippen molar-refractivity contribution in [2.45, 2.75) is 32.4 Å². The van der Waals surface area contributed by atoms with Crippen LogP contribution >= 0.6 is 0 Å². The van der Waals surface area contributed by atoms with E-state index in [-0.39, 0.29) is 48.3 Å². The highest BCUT2D eigenvalue weighted by atomic mass is 16.6. The topological polar surface area (TPSA) is 249 Å². The molecule has 3 aromatic rings. The lowest BCUT2D eigenvalue weighted by Crippen LogP contribution is -2.42. The molecule has 234 valence electrons. The van der Waals surface area contributed by atoms with Crippen molar-refractivity contribution in [3.05, 3.63) is 41.7 Å². The third-order valence-electron chi connectivity index (χ3n) is 6.22. The Labute approximate surface area is 252 Å². The number of amides is 2. The molecule has 3 rings (SSSR count). The minimum atomic E-state index is -1.43. The molecule has 0 unspecified atom stereocenters. The summed E-state index contributed by atoms with van der Waals surface area (Å²) in [5.74, 6) is -3.22. The maximum Gasteiger partial charge on any atom is 0.417 e. The lowest BCUT2D eigenvalue weighted by Gasteiger charge is -2.20. The first-order valence-corrected chi connectivity index (χ1v) is 13.4. The van der Waals surface area contributed by atoms with Gasteiger partial charge < -0.3 is 36.8 Å². The van der Waals surface area contributed by atoms with Crippen LogP contribution in [-0.2, 0) is 25.7 Å². The number of carboxylic acids is 1. The molecule has 7 N–H and O–H groups in total. The normalized spacial score (nSPS) is 11.4. The molecule has 1 atom stereocenters. The van der Waals surface area contributed by atoms with Gasteiger partial charge in [-0.2, -0.15) is 9.97 Å². The smallest absolute Gasteiger partial charge is 0.417 e. The van der Waals surface area contributed by atoms with Gasteiger partial charge in [0, 0.05) is 37.8 Å². The van der Waals surface area contributed by atoms with Gasteiger partial charge in [0.25, 0.3) is 5.91 Å². The van der Waals surface area contributed by atoms with Crippen molar-refractivity contribution < 1.29 is 33.8 Å². The van der Waals surface area contributed by atoms with Crippen LogP contribution in [0.25, 0.3) is 11.2 Å². The van der Waals surface area contributed by atoms with Crippen molar-refractivity contribution in [3.8, 4) is 0 Å². The standard InChI is InChI=1S/C27H34N10O7/c1-15(38)13-37(11-10-30-2)27(43)44-20(39)9-8-19(25(41)42)33-24(40)16-4-6-18(7-5-16)36(3)14-17-12-31-23-21(32-17)22(28)34-26(29)35-23/h4-7,12,19,30H,8-11,13-14H2,1-3H3,(H,33,40)(H,41,42)(H4,28,29,31,34,35)/t19-/m1/s1. The number of nitrogen functional groups attached to an aromatic ring is 2. The highest BCUT2D eigenvalue weighted by Crippen LogP contribution is 2.19. The minimum Gasteiger partial charge on any atom is -0.480 e. The van der Waals surface area contributed by atoms with Crippen molar-refractivity contribution in [1.82, 2.24) is 35.5 Å². The van der Waals surface area contributed by atoms with Crippen molar-refractivity contribution in [3.63, 3.8) is 0 Å². The summed E-state index contributed by atoms with van der Waals surface area (Å²) in [6.45, 7) is 1.87. The number of ketones is 1. The van der Waals surface area contributed by atoms with Crippen LogP contribution in [0, 0.1) is 0 Å². The fraction of sp³-hybridized carbons (Fsp3) is 0.370. The Morgan fingerprint density at radius 3 is 2.41 bits per heavy atom. The first-order valence-electron chi connectivity index (χ1n) is 13.4. The lowest BCUT2D eigenvalue weighted by atomic mass is 10.1. The quantitative estimate of drug-likeness (QED) is 0.119. The number of fused-ring (bicyclic) bond motifs is 1. The summed E-state index contributed by atoms with van der Waals surface area (Å²) in [6, 6.07) is 4.94. The number of carbonyl (C=O) groups is 5. The molecule has 2 amide bonds. The number of nitrogens with zero attached hydrogens (tertiary/aromatic N) is 6. The lowest BCUT2D eigenvalue weighted by molar-refractivity contribution is -0.141. The average molecular weight is 611 g/mol. The van der Waals surface area contributed by atoms with Gasteiger partial charge in [-0.15, -0.1) is 0 Å². The molecule has 0 saturated heterocycles. The number of rotatable bonds is 14. The molecular weight excluding hydrogens is 576 g/mol. The Kier molecular flexibility index (Phi) is 11.4. The summed E-state index contributed by atoms with van der Waals surface area (Å²) in [4.78, 5) is 79.9. The molecule has 0 bridgehead atoms. The molecule has 44 heavy (non-hydrogen) atoms. The Morgan fingerprint density at radius 1 is 1.07 bits per heavy atom. The third kappa shape index (κ3) is 9.28. The van der Waals surface area contributed by atoms with Crippen LogP contribution in [0.5, 0.6) is 0 Å². The number of ether oxygens (including phenoxy) is 1. The number of anilines is 3. The maximum atomic E-state index is 12.8. The Bertz CT molecular complexity index is 1530. The molecule has 0 saturated carbocycles. The highest BCUT2D eigenvalue weighted by molar-refractivity contribution is 5.97. The van der Waals surface area contributed by atoms with E-state index in [1.165, 1.54) is 25.3 Å². The molecule has 0 aliphatic heterocycles. The Morgan fingerprint density at radius 2 is 1.77 bits per heavy atom. The summed E-state index contributed by atoms with van der Waals surface area (Å²) < 4.78 is 4.77. The van der Waals surface area contributed by atoms with Crippen molar-refractivity contribution in [2.75, 3.05) is 50.1 Å². The third-order valence-corrected chi connectivity index (χ3v) is 6.22. The van der Waals surface area contributed by atoms with Crippen LogP contribution in [0.3, 0.4) is 0 Å². The fourth-order valence-electron chi connectivity index (χ4n) is 3.99. The van der Waals surface area contributed by atoms with Crippen molar-refractivity contribution >= 4 is 58.3 Å². The zero-order chi connectivity index (χ0) is 32.4. The number of likely N-dealkylation sites (N-methyl/N-ethyl adjacent to an activating group) is 1. The molecule has 0 aliphatic rings. The summed E-state index contributed by atoms with van der Waals surface area (Å²) in [5.41, 5.74) is 13.6. The Balaban J connectivity index is 1.56. The molecule has 2 heterocycles. The van der Waals surface area contributed by atoms with Crippen LogP contribution in [0.15, 0.2) is 30.5 Å². The molecule has 1 aromatic carbocycles. The van der Waals surface area contributed by atoms with E-state index < -0.39 is 36.4 Å². The second kappa shape index (κ2) is 15.1. The molecule has 0 aliphatic carbocycles. The monoisotopic (exact) mass is 610 g/mol. The van der Waals surface area contributed by atoms with E-state index in [0.717, 1.165) is 10.6 Å². The van der Waals surface area contributed by atoms with Gasteiger partial charge in [0.05, 0.1) is 25.0 Å². The van der Waals surface area contributed by atoms with Gasteiger partial charge in [0.1, 0.15) is 11.8 Å². The zero-order valence-corrected chi connectivity index (χ0v) is 24.4. The maximum absolute atomic E-state index is 12.8. The van der Waals surface area contributed by atoms with Crippen LogP contribution in [0.1, 0.15) is 35.8 Å². The van der Waals surface area contributed by atoms with Gasteiger partial charge in [0.15, 0.2) is 17.0 Å². The Hall–Kier alpha value is -5.45. The number of nitrogens with one attached hydrogen (secondary N) is 2. The zero-order valence-electron chi connectivity index (χ0n) is 24.4. The number of hydrogen-bond donors (Lipinski definition) is 5. The summed E-state index contributed by atoms with van der Waals surface area (Å²) >= 11 is 0. The molecule has 0 radical (unpaired) electrons. The summed E-state index contributed by atoms with van der Waals surface area (Å²) in [7, 11) is 3.46. The number of nitrogens with two attached hydrogens (primary N) is 2. The van der Waals surface area contributed by atoms with Gasteiger partial charge in [-0.05, 0) is 44.7 Å². The SMILES string of the molecule is CNCCN(CC(C)=O)C(=O)OC(=O)CC[C@@H](NC(=O)c1ccc(N(C)Cc2cnc3nc(N)nc(N)c3n2)cc1)C(=O)O. The highest BCUT2D eigenvalue weighted by Gasteiger charge is 2.25. The van der Waals surface area contributed by atoms with Crippen LogP contribution < -0.4 is 27.0 Å². The van der Waals surface area contributed by atoms with Crippen LogP contribution in [0.4, 0.5) is 22.2 Å². The van der Waals surface area contributed by atoms with Gasteiger partial charge in [-0.1, -0.05) is 0 Å². The summed E-state index contributed by atoms with van der Waals surface area (Å²) in [5, 5.41) is 14.8. The van der Waals surface area contributed by atoms with E-state index in [2.05, 4.69) is 30.6 Å². The second-order valence-electron chi connectivity index (χ2n) is 9.77. The van der Waals surface area contributed by atoms with Gasteiger partial charge >= 0.3 is 18.0 Å². The molecule has 0 spiro atoms. The molecule has 2 aromatic heterocycles. The van der Waals surface area contributed by atoms with E-state index in [0.29, 0.717) is 24.3 Å². The first-order chi connectivity index (χ1) is 20.9. The predicted molar refractivity (Wildman–Crippen MR) is 158 cm³/mol. The molecule has 0 fully saturated rings. The minimum absolute atomic E-state index is 0.00298. The number of aliphatic carboxylic acids is 1. The molecular formula is C27H34N10O7. The van der Waals surface area contributed by atoms with E-state index in [9.17, 15) is 29.1 Å². The predicted octanol–water partition coefficient (Wildman–Crippen LogP) is -0.0426. The summed E-state index contributed by atoms with van der Waals surface area (Å²) in [6.07, 6.45) is -0.268. The number of hydrogen-bond acceptors (Lipinski definition) is 14. The van der Waals surface area contributed by atoms with Crippen LogP contribution in [0.2, 0.25) is 0 Å². The van der Waals surface area contributed by atoms with Crippen LogP contribution in [-0.4, -0.2) is 99.4 Å². The van der Waals surface area contributed by atoms with Gasteiger partial charge in [-0.25, -0.2) is 19.6 Å². The van der Waals surface area contributed by atoms with E-state index in [1.807, 2.05) is 4.90 Å². The molecule has 17 nitrogen and oxygen atoms in total. The number of esters is 1. The first kappa shape index (κ1) is 33.1. The second-order valence-corrected chi connectivity index (χ2v) is 9.77. The number of Topliss-reactive ketones (excluding diaryl/α,β-unsaturated/α-hetero) is 1. The number of carboxylic acid groups (broad SMARTS) is 1. The van der Waals surface area contributed by atoms with Crippen molar-refractivity contribution in [1.29, 1.82) is 0 Å². The van der Waals surface area contributed by atoms with E-state index >= 15 is 0 Å². The number of benzene rings is 1. The van der Waals surface area contributed by atoms with Gasteiger partial charge in [-0.3, -0.25) is 19.3 Å². The van der Waals surface area contributed by atoms with E-state index in [1.54, 1.807) is 26.2 Å². The largest absolute Gasteiger partial charge is 0.480 e. The van der Waals surface area contributed by atoms with Crippen molar-refractivity contribution in [2.24, 2.45) is 0 Å².